The Hall–Kier alpha value is -1.34. The lowest BCUT2D eigenvalue weighted by Gasteiger charge is -2.30. The van der Waals surface area contributed by atoms with Crippen molar-refractivity contribution in [1.29, 1.82) is 0 Å². The molecule has 0 atom stereocenters. The van der Waals surface area contributed by atoms with Gasteiger partial charge in [-0.3, -0.25) is 0 Å². The first-order valence-electron chi connectivity index (χ1n) is 7.36. The highest BCUT2D eigenvalue weighted by molar-refractivity contribution is 5.73. The van der Waals surface area contributed by atoms with Gasteiger partial charge in [0.25, 0.3) is 0 Å². The SMILES string of the molecule is CCCCNC(C)(C)c1ccccc1C1=CC=CC1. The maximum Gasteiger partial charge on any atom is 0.0383 e. The lowest BCUT2D eigenvalue weighted by atomic mass is 9.86. The van der Waals surface area contributed by atoms with Gasteiger partial charge in [0.05, 0.1) is 0 Å². The van der Waals surface area contributed by atoms with Gasteiger partial charge >= 0.3 is 0 Å². The third-order valence-corrected chi connectivity index (χ3v) is 3.81. The van der Waals surface area contributed by atoms with E-state index < -0.39 is 0 Å². The zero-order valence-electron chi connectivity index (χ0n) is 12.4. The summed E-state index contributed by atoms with van der Waals surface area (Å²) in [6.45, 7) is 7.88. The van der Waals surface area contributed by atoms with Crippen LogP contribution in [0.3, 0.4) is 0 Å². The van der Waals surface area contributed by atoms with Crippen molar-refractivity contribution >= 4 is 5.57 Å². The zero-order chi connectivity index (χ0) is 13.7. The topological polar surface area (TPSA) is 12.0 Å². The van der Waals surface area contributed by atoms with Crippen molar-refractivity contribution in [3.8, 4) is 0 Å². The number of benzene rings is 1. The molecule has 1 aliphatic rings. The Bertz CT molecular complexity index is 480. The van der Waals surface area contributed by atoms with E-state index >= 15 is 0 Å². The van der Waals surface area contributed by atoms with Crippen LogP contribution in [0.2, 0.25) is 0 Å². The molecule has 0 aromatic heterocycles. The summed E-state index contributed by atoms with van der Waals surface area (Å²) in [6, 6.07) is 8.79. The first-order valence-corrected chi connectivity index (χ1v) is 7.36. The number of rotatable bonds is 6. The van der Waals surface area contributed by atoms with E-state index in [9.17, 15) is 0 Å². The summed E-state index contributed by atoms with van der Waals surface area (Å²) in [6.07, 6.45) is 10.1. The lowest BCUT2D eigenvalue weighted by molar-refractivity contribution is 0.398. The maximum absolute atomic E-state index is 3.69. The Morgan fingerprint density at radius 2 is 2.00 bits per heavy atom. The molecule has 0 bridgehead atoms. The summed E-state index contributed by atoms with van der Waals surface area (Å²) in [5, 5.41) is 3.69. The van der Waals surface area contributed by atoms with Crippen molar-refractivity contribution in [2.45, 2.75) is 45.6 Å². The van der Waals surface area contributed by atoms with Crippen LogP contribution in [0.25, 0.3) is 5.57 Å². The zero-order valence-corrected chi connectivity index (χ0v) is 12.4. The molecule has 0 saturated heterocycles. The van der Waals surface area contributed by atoms with Gasteiger partial charge < -0.3 is 5.32 Å². The second-order valence-corrected chi connectivity index (χ2v) is 5.78. The van der Waals surface area contributed by atoms with Crippen LogP contribution < -0.4 is 5.32 Å². The van der Waals surface area contributed by atoms with E-state index in [1.54, 1.807) is 0 Å². The normalized spacial score (nSPS) is 14.8. The molecule has 1 N–H and O–H groups in total. The highest BCUT2D eigenvalue weighted by Crippen LogP contribution is 2.32. The summed E-state index contributed by atoms with van der Waals surface area (Å²) in [4.78, 5) is 0. The molecule has 1 heteroatoms. The van der Waals surface area contributed by atoms with Gasteiger partial charge in [0, 0.05) is 5.54 Å². The van der Waals surface area contributed by atoms with E-state index in [1.165, 1.54) is 29.5 Å². The van der Waals surface area contributed by atoms with E-state index in [0.717, 1.165) is 13.0 Å². The maximum atomic E-state index is 3.69. The molecule has 1 aliphatic carbocycles. The Balaban J connectivity index is 2.23. The first kappa shape index (κ1) is 14.1. The fraction of sp³-hybridized carbons (Fsp3) is 0.444. The molecule has 1 aromatic rings. The van der Waals surface area contributed by atoms with E-state index in [0.29, 0.717) is 0 Å². The highest BCUT2D eigenvalue weighted by Gasteiger charge is 2.23. The number of hydrogen-bond acceptors (Lipinski definition) is 1. The monoisotopic (exact) mass is 255 g/mol. The van der Waals surface area contributed by atoms with Crippen molar-refractivity contribution in [2.24, 2.45) is 0 Å². The van der Waals surface area contributed by atoms with Gasteiger partial charge in [-0.2, -0.15) is 0 Å². The molecular formula is C18H25N. The van der Waals surface area contributed by atoms with Crippen LogP contribution in [-0.4, -0.2) is 6.54 Å². The van der Waals surface area contributed by atoms with Crippen molar-refractivity contribution in [3.63, 3.8) is 0 Å². The Kier molecular flexibility index (Phi) is 4.60. The second kappa shape index (κ2) is 6.21. The predicted molar refractivity (Wildman–Crippen MR) is 84.1 cm³/mol. The van der Waals surface area contributed by atoms with E-state index in [-0.39, 0.29) is 5.54 Å². The van der Waals surface area contributed by atoms with Gasteiger partial charge in [-0.15, -0.1) is 0 Å². The van der Waals surface area contributed by atoms with Gasteiger partial charge in [-0.05, 0) is 49.9 Å². The molecule has 0 saturated carbocycles. The molecule has 1 nitrogen and oxygen atoms in total. The van der Waals surface area contributed by atoms with Crippen molar-refractivity contribution < 1.29 is 0 Å². The van der Waals surface area contributed by atoms with Crippen molar-refractivity contribution in [3.05, 3.63) is 53.6 Å². The standard InChI is InChI=1S/C18H25N/c1-4-5-14-19-18(2,3)17-13-9-8-12-16(17)15-10-6-7-11-15/h6-10,12-13,19H,4-5,11,14H2,1-3H3. The van der Waals surface area contributed by atoms with Crippen molar-refractivity contribution in [1.82, 2.24) is 5.32 Å². The van der Waals surface area contributed by atoms with Gasteiger partial charge in [0.1, 0.15) is 0 Å². The average Bonchev–Trinajstić information content (AvgIpc) is 2.93. The fourth-order valence-corrected chi connectivity index (χ4v) is 2.63. The third-order valence-electron chi connectivity index (χ3n) is 3.81. The number of hydrogen-bond donors (Lipinski definition) is 1. The van der Waals surface area contributed by atoms with Crippen LogP contribution >= 0.6 is 0 Å². The van der Waals surface area contributed by atoms with E-state index in [2.05, 4.69) is 68.6 Å². The number of nitrogens with one attached hydrogen (secondary N) is 1. The van der Waals surface area contributed by atoms with Gasteiger partial charge in [-0.25, -0.2) is 0 Å². The molecule has 19 heavy (non-hydrogen) atoms. The molecule has 0 fully saturated rings. The van der Waals surface area contributed by atoms with Crippen LogP contribution in [0.1, 0.15) is 51.2 Å². The van der Waals surface area contributed by atoms with Crippen LogP contribution in [0, 0.1) is 0 Å². The first-order chi connectivity index (χ1) is 9.15. The van der Waals surface area contributed by atoms with Crippen molar-refractivity contribution in [2.75, 3.05) is 6.54 Å². The smallest absolute Gasteiger partial charge is 0.0383 e. The quantitative estimate of drug-likeness (QED) is 0.729. The summed E-state index contributed by atoms with van der Waals surface area (Å²) in [7, 11) is 0. The highest BCUT2D eigenvalue weighted by atomic mass is 14.9. The largest absolute Gasteiger partial charge is 0.308 e. The summed E-state index contributed by atoms with van der Waals surface area (Å²) >= 11 is 0. The van der Waals surface area contributed by atoms with Crippen LogP contribution in [0.15, 0.2) is 42.5 Å². The number of allylic oxidation sites excluding steroid dienone is 4. The lowest BCUT2D eigenvalue weighted by Crippen LogP contribution is -2.37. The third kappa shape index (κ3) is 3.36. The van der Waals surface area contributed by atoms with E-state index in [1.807, 2.05) is 0 Å². The summed E-state index contributed by atoms with van der Waals surface area (Å²) < 4.78 is 0. The predicted octanol–water partition coefficient (Wildman–Crippen LogP) is 4.65. The molecule has 0 unspecified atom stereocenters. The summed E-state index contributed by atoms with van der Waals surface area (Å²) in [5.74, 6) is 0. The van der Waals surface area contributed by atoms with Gasteiger partial charge in [-0.1, -0.05) is 55.8 Å². The molecule has 0 radical (unpaired) electrons. The minimum atomic E-state index is 0.0230. The Morgan fingerprint density at radius 3 is 2.68 bits per heavy atom. The van der Waals surface area contributed by atoms with Gasteiger partial charge in [0.2, 0.25) is 0 Å². The molecule has 102 valence electrons. The molecular weight excluding hydrogens is 230 g/mol. The summed E-state index contributed by atoms with van der Waals surface area (Å²) in [5.41, 5.74) is 4.25. The van der Waals surface area contributed by atoms with Crippen LogP contribution in [-0.2, 0) is 5.54 Å². The molecule has 0 heterocycles. The Labute approximate surface area is 117 Å². The van der Waals surface area contributed by atoms with Crippen LogP contribution in [0.4, 0.5) is 0 Å². The number of unbranched alkanes of at least 4 members (excludes halogenated alkanes) is 1. The van der Waals surface area contributed by atoms with Crippen LogP contribution in [0.5, 0.6) is 0 Å². The molecule has 1 aromatic carbocycles. The average molecular weight is 255 g/mol. The molecule has 0 amide bonds. The van der Waals surface area contributed by atoms with Gasteiger partial charge in [0.15, 0.2) is 0 Å². The molecule has 0 aliphatic heterocycles. The second-order valence-electron chi connectivity index (χ2n) is 5.78. The molecule has 0 spiro atoms. The molecule has 2 rings (SSSR count). The minimum absolute atomic E-state index is 0.0230. The minimum Gasteiger partial charge on any atom is -0.308 e. The fourth-order valence-electron chi connectivity index (χ4n) is 2.63. The van der Waals surface area contributed by atoms with E-state index in [4.69, 9.17) is 0 Å². The Morgan fingerprint density at radius 1 is 1.21 bits per heavy atom.